The Labute approximate surface area is 165 Å². The summed E-state index contributed by atoms with van der Waals surface area (Å²) in [5.74, 6) is 0.213. The molecule has 0 spiro atoms. The number of H-pyrrole nitrogens is 1. The Balaban J connectivity index is 1.85. The van der Waals surface area contributed by atoms with Crippen molar-refractivity contribution in [3.05, 3.63) is 56.5 Å². The highest BCUT2D eigenvalue weighted by atomic mass is 16.5. The minimum absolute atomic E-state index is 0.112. The summed E-state index contributed by atoms with van der Waals surface area (Å²) in [6.07, 6.45) is 4.11. The molecule has 0 bridgehead atoms. The van der Waals surface area contributed by atoms with Crippen molar-refractivity contribution >= 4 is 22.6 Å². The van der Waals surface area contributed by atoms with Crippen molar-refractivity contribution in [3.63, 3.8) is 0 Å². The molecule has 4 rings (SSSR count). The first-order valence-corrected chi connectivity index (χ1v) is 9.51. The molecule has 1 aliphatic rings. The Morgan fingerprint density at radius 3 is 2.76 bits per heavy atom. The van der Waals surface area contributed by atoms with Crippen molar-refractivity contribution < 1.29 is 9.53 Å². The molecule has 3 aromatic heterocycles. The Bertz CT molecular complexity index is 1190. The van der Waals surface area contributed by atoms with Gasteiger partial charge in [-0.15, -0.1) is 0 Å². The highest BCUT2D eigenvalue weighted by Crippen LogP contribution is 2.40. The summed E-state index contributed by atoms with van der Waals surface area (Å²) in [6.45, 7) is 2.33. The van der Waals surface area contributed by atoms with Crippen molar-refractivity contribution in [2.75, 3.05) is 12.4 Å². The monoisotopic (exact) mass is 395 g/mol. The molecule has 3 aromatic rings. The van der Waals surface area contributed by atoms with Crippen molar-refractivity contribution in [3.8, 4) is 5.88 Å². The number of aryl methyl sites for hydroxylation is 1. The van der Waals surface area contributed by atoms with E-state index in [0.717, 1.165) is 18.5 Å². The molecule has 0 unspecified atom stereocenters. The molecule has 9 heteroatoms. The fraction of sp³-hybridized carbons (Fsp3) is 0.350. The molecule has 2 N–H and O–H groups in total. The molecule has 3 heterocycles. The number of amides is 1. The second-order valence-electron chi connectivity index (χ2n) is 7.02. The number of fused-ring (bicyclic) bond motifs is 1. The van der Waals surface area contributed by atoms with E-state index in [1.165, 1.54) is 17.9 Å². The highest BCUT2D eigenvalue weighted by molar-refractivity contribution is 6.11. The molecule has 9 nitrogen and oxygen atoms in total. The summed E-state index contributed by atoms with van der Waals surface area (Å²) >= 11 is 0. The number of aromatic nitrogens is 4. The minimum atomic E-state index is -0.620. The Kier molecular flexibility index (Phi) is 4.87. The molecule has 0 aliphatic heterocycles. The minimum Gasteiger partial charge on any atom is -0.481 e. The number of anilines is 1. The zero-order chi connectivity index (χ0) is 20.5. The topological polar surface area (TPSA) is 119 Å². The van der Waals surface area contributed by atoms with E-state index in [0.29, 0.717) is 24.5 Å². The van der Waals surface area contributed by atoms with Crippen molar-refractivity contribution in [1.29, 1.82) is 0 Å². The van der Waals surface area contributed by atoms with Crippen LogP contribution in [0.4, 0.5) is 5.69 Å². The van der Waals surface area contributed by atoms with E-state index in [1.807, 2.05) is 6.92 Å². The molecular weight excluding hydrogens is 374 g/mol. The largest absolute Gasteiger partial charge is 0.481 e. The van der Waals surface area contributed by atoms with Crippen LogP contribution in [0.1, 0.15) is 48.2 Å². The first-order chi connectivity index (χ1) is 14.0. The predicted octanol–water partition coefficient (Wildman–Crippen LogP) is 2.03. The Morgan fingerprint density at radius 1 is 1.34 bits per heavy atom. The third kappa shape index (κ3) is 3.63. The summed E-state index contributed by atoms with van der Waals surface area (Å²) < 4.78 is 6.44. The fourth-order valence-corrected chi connectivity index (χ4v) is 3.27. The molecule has 1 aliphatic carbocycles. The van der Waals surface area contributed by atoms with Crippen LogP contribution in [0.5, 0.6) is 5.88 Å². The molecule has 150 valence electrons. The first-order valence-electron chi connectivity index (χ1n) is 9.51. The molecule has 0 atom stereocenters. The van der Waals surface area contributed by atoms with Gasteiger partial charge in [-0.25, -0.2) is 14.8 Å². The molecule has 0 aromatic carbocycles. The number of ether oxygens (including phenoxy) is 1. The lowest BCUT2D eigenvalue weighted by Gasteiger charge is -2.13. The van der Waals surface area contributed by atoms with Gasteiger partial charge in [-0.3, -0.25) is 19.1 Å². The summed E-state index contributed by atoms with van der Waals surface area (Å²) in [7, 11) is 1.51. The van der Waals surface area contributed by atoms with Gasteiger partial charge in [0, 0.05) is 24.2 Å². The SMILES string of the molecule is CCCn1c(=O)[nH]c(=O)c2c(C(=O)Nc3ccc(OC)nc3)cc(C3CC3)nc21. The average molecular weight is 395 g/mol. The van der Waals surface area contributed by atoms with Gasteiger partial charge < -0.3 is 10.1 Å². The second-order valence-corrected chi connectivity index (χ2v) is 7.02. The van der Waals surface area contributed by atoms with Crippen LogP contribution in [0.2, 0.25) is 0 Å². The maximum Gasteiger partial charge on any atom is 0.329 e. The second kappa shape index (κ2) is 7.50. The number of pyridine rings is 2. The summed E-state index contributed by atoms with van der Waals surface area (Å²) in [6, 6.07) is 4.94. The lowest BCUT2D eigenvalue weighted by Crippen LogP contribution is -2.32. The van der Waals surface area contributed by atoms with Gasteiger partial charge in [0.05, 0.1) is 29.9 Å². The molecule has 1 fully saturated rings. The summed E-state index contributed by atoms with van der Waals surface area (Å²) in [4.78, 5) is 48.9. The first kappa shape index (κ1) is 18.9. The Morgan fingerprint density at radius 2 is 2.14 bits per heavy atom. The van der Waals surface area contributed by atoms with Gasteiger partial charge in [0.1, 0.15) is 0 Å². The molecular formula is C20H21N5O4. The van der Waals surface area contributed by atoms with Crippen LogP contribution in [-0.4, -0.2) is 32.5 Å². The van der Waals surface area contributed by atoms with E-state index in [2.05, 4.69) is 20.3 Å². The van der Waals surface area contributed by atoms with Gasteiger partial charge in [-0.2, -0.15) is 0 Å². The van der Waals surface area contributed by atoms with Gasteiger partial charge in [0.15, 0.2) is 5.65 Å². The van der Waals surface area contributed by atoms with Crippen molar-refractivity contribution in [1.82, 2.24) is 19.5 Å². The average Bonchev–Trinajstić information content (AvgIpc) is 3.56. The number of rotatable bonds is 6. The van der Waals surface area contributed by atoms with E-state index in [-0.39, 0.29) is 22.5 Å². The number of hydrogen-bond acceptors (Lipinski definition) is 6. The molecule has 1 saturated carbocycles. The zero-order valence-electron chi connectivity index (χ0n) is 16.2. The van der Waals surface area contributed by atoms with Crippen LogP contribution < -0.4 is 21.3 Å². The number of carbonyl (C=O) groups is 1. The standard InChI is InChI=1S/C20H21N5O4/c1-3-8-25-17-16(19(27)24-20(25)28)13(9-14(23-17)11-4-5-11)18(26)22-12-6-7-15(29-2)21-10-12/h6-7,9-11H,3-5,8H2,1-2H3,(H,22,26)(H,24,27,28). The Hall–Kier alpha value is -3.49. The smallest absolute Gasteiger partial charge is 0.329 e. The third-order valence-electron chi connectivity index (χ3n) is 4.86. The summed E-state index contributed by atoms with van der Waals surface area (Å²) in [5.41, 5.74) is 0.500. The molecule has 1 amide bonds. The van der Waals surface area contributed by atoms with Gasteiger partial charge in [-0.1, -0.05) is 6.92 Å². The number of nitrogens with zero attached hydrogens (tertiary/aromatic N) is 3. The number of nitrogens with one attached hydrogen (secondary N) is 2. The van der Waals surface area contributed by atoms with Crippen molar-refractivity contribution in [2.45, 2.75) is 38.6 Å². The lowest BCUT2D eigenvalue weighted by molar-refractivity contribution is 0.102. The van der Waals surface area contributed by atoms with Gasteiger partial charge >= 0.3 is 5.69 Å². The number of carbonyl (C=O) groups excluding carboxylic acids is 1. The predicted molar refractivity (Wildman–Crippen MR) is 108 cm³/mol. The van der Waals surface area contributed by atoms with Gasteiger partial charge in [0.25, 0.3) is 11.5 Å². The fourth-order valence-electron chi connectivity index (χ4n) is 3.27. The van der Waals surface area contributed by atoms with Crippen LogP contribution in [-0.2, 0) is 6.54 Å². The normalized spacial score (nSPS) is 13.4. The van der Waals surface area contributed by atoms with Crippen molar-refractivity contribution in [2.24, 2.45) is 0 Å². The summed E-state index contributed by atoms with van der Waals surface area (Å²) in [5, 5.41) is 2.87. The number of methoxy groups -OCH3 is 1. The van der Waals surface area contributed by atoms with Crippen LogP contribution in [0.3, 0.4) is 0 Å². The number of aromatic amines is 1. The van der Waals surface area contributed by atoms with Crippen LogP contribution in [0.15, 0.2) is 34.0 Å². The van der Waals surface area contributed by atoms with Gasteiger partial charge in [-0.05, 0) is 31.4 Å². The lowest BCUT2D eigenvalue weighted by atomic mass is 10.1. The highest BCUT2D eigenvalue weighted by Gasteiger charge is 2.28. The van der Waals surface area contributed by atoms with E-state index < -0.39 is 17.2 Å². The number of hydrogen-bond donors (Lipinski definition) is 2. The molecule has 29 heavy (non-hydrogen) atoms. The van der Waals surface area contributed by atoms with Crippen LogP contribution >= 0.6 is 0 Å². The van der Waals surface area contributed by atoms with Crippen LogP contribution in [0.25, 0.3) is 11.0 Å². The van der Waals surface area contributed by atoms with E-state index in [1.54, 1.807) is 18.2 Å². The maximum atomic E-state index is 13.0. The zero-order valence-corrected chi connectivity index (χ0v) is 16.2. The molecule has 0 radical (unpaired) electrons. The molecule has 0 saturated heterocycles. The van der Waals surface area contributed by atoms with E-state index in [9.17, 15) is 14.4 Å². The quantitative estimate of drug-likeness (QED) is 0.659. The van der Waals surface area contributed by atoms with Crippen LogP contribution in [0, 0.1) is 0 Å². The third-order valence-corrected chi connectivity index (χ3v) is 4.86. The maximum absolute atomic E-state index is 13.0. The van der Waals surface area contributed by atoms with E-state index >= 15 is 0 Å². The van der Waals surface area contributed by atoms with E-state index in [4.69, 9.17) is 4.74 Å². The van der Waals surface area contributed by atoms with Gasteiger partial charge in [0.2, 0.25) is 5.88 Å².